The molecule has 1 aliphatic heterocycles. The average molecular weight is 474 g/mol. The molecule has 1 aliphatic rings. The number of hydrogen-bond acceptors (Lipinski definition) is 5. The fourth-order valence-corrected chi connectivity index (χ4v) is 5.70. The molecule has 34 heavy (non-hydrogen) atoms. The first-order valence-electron chi connectivity index (χ1n) is 11.2. The molecule has 0 aliphatic carbocycles. The molecule has 0 spiro atoms. The summed E-state index contributed by atoms with van der Waals surface area (Å²) in [7, 11) is -3.46. The molecule has 0 radical (unpaired) electrons. The number of nitrogens with zero attached hydrogens (tertiary/aromatic N) is 4. The molecular weight excluding hydrogens is 446 g/mol. The largest absolute Gasteiger partial charge is 0.364 e. The second kappa shape index (κ2) is 9.40. The third-order valence-corrected chi connectivity index (χ3v) is 7.51. The van der Waals surface area contributed by atoms with Gasteiger partial charge in [-0.15, -0.1) is 0 Å². The number of anilines is 1. The number of fused-ring (bicyclic) bond motifs is 1. The topological polar surface area (TPSA) is 82.2 Å². The van der Waals surface area contributed by atoms with Gasteiger partial charge in [-0.25, -0.2) is 13.4 Å². The predicted octanol–water partition coefficient (Wildman–Crippen LogP) is 3.86. The highest BCUT2D eigenvalue weighted by Gasteiger charge is 2.33. The van der Waals surface area contributed by atoms with Gasteiger partial charge in [-0.1, -0.05) is 42.5 Å². The zero-order chi connectivity index (χ0) is 23.5. The lowest BCUT2D eigenvalue weighted by Crippen LogP contribution is -2.45. The zero-order valence-electron chi connectivity index (χ0n) is 19.0. The summed E-state index contributed by atoms with van der Waals surface area (Å²) in [6.07, 6.45) is 8.91. The van der Waals surface area contributed by atoms with Crippen LogP contribution in [-0.2, 0) is 29.5 Å². The number of imidazole rings is 1. The summed E-state index contributed by atoms with van der Waals surface area (Å²) in [6.45, 7) is 1.48. The summed E-state index contributed by atoms with van der Waals surface area (Å²) < 4.78 is 27.6. The van der Waals surface area contributed by atoms with Crippen LogP contribution in [0.5, 0.6) is 0 Å². The molecule has 2 aromatic heterocycles. The van der Waals surface area contributed by atoms with E-state index in [4.69, 9.17) is 0 Å². The number of nitrogens with one attached hydrogen (secondary N) is 1. The van der Waals surface area contributed by atoms with Crippen LogP contribution in [0.25, 0.3) is 11.1 Å². The van der Waals surface area contributed by atoms with E-state index in [0.717, 1.165) is 33.6 Å². The SMILES string of the molecule is CS(=O)(=O)N1Cc2cc(-c3ccccc3)ccc2N(Cc2cnc[nH]2)C[C@H]1Cc1cccnc1. The Morgan fingerprint density at radius 3 is 2.56 bits per heavy atom. The van der Waals surface area contributed by atoms with Crippen molar-refractivity contribution in [2.24, 2.45) is 0 Å². The maximum atomic E-state index is 13.0. The molecule has 0 saturated heterocycles. The van der Waals surface area contributed by atoms with E-state index < -0.39 is 10.0 Å². The molecule has 1 atom stereocenters. The summed E-state index contributed by atoms with van der Waals surface area (Å²) >= 11 is 0. The molecule has 5 rings (SSSR count). The van der Waals surface area contributed by atoms with E-state index in [0.29, 0.717) is 26.1 Å². The number of sulfonamides is 1. The average Bonchev–Trinajstić information content (AvgIpc) is 3.30. The Labute approximate surface area is 200 Å². The fraction of sp³-hybridized carbons (Fsp3) is 0.231. The normalized spacial score (nSPS) is 16.7. The van der Waals surface area contributed by atoms with Crippen LogP contribution >= 0.6 is 0 Å². The first-order valence-corrected chi connectivity index (χ1v) is 13.1. The smallest absolute Gasteiger partial charge is 0.211 e. The summed E-state index contributed by atoms with van der Waals surface area (Å²) in [4.78, 5) is 13.8. The number of pyridine rings is 1. The van der Waals surface area contributed by atoms with Crippen molar-refractivity contribution in [1.82, 2.24) is 19.3 Å². The number of H-pyrrole nitrogens is 1. The lowest BCUT2D eigenvalue weighted by Gasteiger charge is -2.31. The first kappa shape index (κ1) is 22.3. The van der Waals surface area contributed by atoms with E-state index in [1.54, 1.807) is 16.8 Å². The summed E-state index contributed by atoms with van der Waals surface area (Å²) in [6, 6.07) is 20.1. The molecule has 0 saturated carbocycles. The van der Waals surface area contributed by atoms with Crippen molar-refractivity contribution in [3.63, 3.8) is 0 Å². The van der Waals surface area contributed by atoms with Crippen LogP contribution in [0.1, 0.15) is 16.8 Å². The van der Waals surface area contributed by atoms with Crippen molar-refractivity contribution >= 4 is 15.7 Å². The van der Waals surface area contributed by atoms with Gasteiger partial charge in [-0.3, -0.25) is 4.98 Å². The van der Waals surface area contributed by atoms with Crippen molar-refractivity contribution in [3.05, 3.63) is 102 Å². The van der Waals surface area contributed by atoms with Gasteiger partial charge in [-0.05, 0) is 46.9 Å². The highest BCUT2D eigenvalue weighted by atomic mass is 32.2. The Balaban J connectivity index is 1.58. The van der Waals surface area contributed by atoms with Crippen LogP contribution < -0.4 is 4.90 Å². The Bertz CT molecular complexity index is 1340. The van der Waals surface area contributed by atoms with Crippen molar-refractivity contribution < 1.29 is 8.42 Å². The predicted molar refractivity (Wildman–Crippen MR) is 134 cm³/mol. The summed E-state index contributed by atoms with van der Waals surface area (Å²) in [5.41, 5.74) is 6.19. The minimum Gasteiger partial charge on any atom is -0.364 e. The maximum absolute atomic E-state index is 13.0. The van der Waals surface area contributed by atoms with Crippen LogP contribution in [0.2, 0.25) is 0 Å². The zero-order valence-corrected chi connectivity index (χ0v) is 19.8. The van der Waals surface area contributed by atoms with Crippen LogP contribution in [0.15, 0.2) is 85.6 Å². The maximum Gasteiger partial charge on any atom is 0.211 e. The second-order valence-corrected chi connectivity index (χ2v) is 10.6. The van der Waals surface area contributed by atoms with Crippen molar-refractivity contribution in [3.8, 4) is 11.1 Å². The molecule has 0 amide bonds. The number of rotatable bonds is 6. The quantitative estimate of drug-likeness (QED) is 0.460. The fourth-order valence-electron chi connectivity index (χ4n) is 4.64. The molecule has 8 heteroatoms. The Kier molecular flexibility index (Phi) is 6.17. The minimum absolute atomic E-state index is 0.241. The van der Waals surface area contributed by atoms with Crippen molar-refractivity contribution in [2.45, 2.75) is 25.6 Å². The standard InChI is InChI=1S/C26H27N5O2S/c1-34(32,33)31-16-23-13-22(21-7-3-2-4-8-21)9-10-26(23)30(17-24-15-28-19-29-24)18-25(31)12-20-6-5-11-27-14-20/h2-11,13-15,19,25H,12,16-18H2,1H3,(H,28,29)/t25-/m1/s1. The molecule has 1 N–H and O–H groups in total. The van der Waals surface area contributed by atoms with Crippen LogP contribution in [-0.4, -0.2) is 46.5 Å². The van der Waals surface area contributed by atoms with Gasteiger partial charge in [0.05, 0.1) is 24.8 Å². The minimum atomic E-state index is -3.46. The number of aromatic amines is 1. The van der Waals surface area contributed by atoms with Gasteiger partial charge in [0.2, 0.25) is 10.0 Å². The van der Waals surface area contributed by atoms with Crippen LogP contribution in [0, 0.1) is 0 Å². The van der Waals surface area contributed by atoms with Gasteiger partial charge < -0.3 is 9.88 Å². The number of benzene rings is 2. The molecule has 4 aromatic rings. The van der Waals surface area contributed by atoms with E-state index >= 15 is 0 Å². The molecule has 0 unspecified atom stereocenters. The van der Waals surface area contributed by atoms with Crippen molar-refractivity contribution in [2.75, 3.05) is 17.7 Å². The van der Waals surface area contributed by atoms with Gasteiger partial charge in [0, 0.05) is 43.4 Å². The van der Waals surface area contributed by atoms with Gasteiger partial charge in [0.25, 0.3) is 0 Å². The third kappa shape index (κ3) is 4.88. The summed E-state index contributed by atoms with van der Waals surface area (Å²) in [5, 5.41) is 0. The van der Waals surface area contributed by atoms with Gasteiger partial charge in [0.1, 0.15) is 0 Å². The van der Waals surface area contributed by atoms with Gasteiger partial charge in [0.15, 0.2) is 0 Å². The highest BCUT2D eigenvalue weighted by Crippen LogP contribution is 2.34. The van der Waals surface area contributed by atoms with E-state index in [9.17, 15) is 8.42 Å². The molecule has 0 fully saturated rings. The molecule has 7 nitrogen and oxygen atoms in total. The Hall–Kier alpha value is -3.49. The lowest BCUT2D eigenvalue weighted by atomic mass is 10.0. The molecule has 174 valence electrons. The third-order valence-electron chi connectivity index (χ3n) is 6.23. The van der Waals surface area contributed by atoms with Gasteiger partial charge >= 0.3 is 0 Å². The Morgan fingerprint density at radius 2 is 1.85 bits per heavy atom. The van der Waals surface area contributed by atoms with Crippen molar-refractivity contribution in [1.29, 1.82) is 0 Å². The number of hydrogen-bond donors (Lipinski definition) is 1. The van der Waals surface area contributed by atoms with E-state index in [2.05, 4.69) is 50.2 Å². The van der Waals surface area contributed by atoms with E-state index in [1.807, 2.05) is 42.7 Å². The van der Waals surface area contributed by atoms with E-state index in [1.165, 1.54) is 6.26 Å². The van der Waals surface area contributed by atoms with E-state index in [-0.39, 0.29) is 6.04 Å². The van der Waals surface area contributed by atoms with Crippen LogP contribution in [0.4, 0.5) is 5.69 Å². The molecular formula is C26H27N5O2S. The first-order chi connectivity index (χ1) is 16.5. The highest BCUT2D eigenvalue weighted by molar-refractivity contribution is 7.88. The molecule has 2 aromatic carbocycles. The second-order valence-electron chi connectivity index (χ2n) is 8.69. The molecule has 0 bridgehead atoms. The monoisotopic (exact) mass is 473 g/mol. The van der Waals surface area contributed by atoms with Crippen LogP contribution in [0.3, 0.4) is 0 Å². The summed E-state index contributed by atoms with van der Waals surface area (Å²) in [5.74, 6) is 0. The molecule has 3 heterocycles. The van der Waals surface area contributed by atoms with Gasteiger partial charge in [-0.2, -0.15) is 4.31 Å². The number of aromatic nitrogens is 3. The Morgan fingerprint density at radius 1 is 1.00 bits per heavy atom. The lowest BCUT2D eigenvalue weighted by molar-refractivity contribution is 0.320.